The van der Waals surface area contributed by atoms with Crippen LogP contribution in [0.1, 0.15) is 34.0 Å². The highest BCUT2D eigenvalue weighted by atomic mass is 32.1. The van der Waals surface area contributed by atoms with Crippen molar-refractivity contribution in [1.82, 2.24) is 10.3 Å². The van der Waals surface area contributed by atoms with Crippen LogP contribution in [-0.4, -0.2) is 11.5 Å². The van der Waals surface area contributed by atoms with Gasteiger partial charge in [0.15, 0.2) is 0 Å². The van der Waals surface area contributed by atoms with Gasteiger partial charge in [0, 0.05) is 17.1 Å². The van der Waals surface area contributed by atoms with E-state index in [0.29, 0.717) is 0 Å². The quantitative estimate of drug-likeness (QED) is 0.900. The minimum Gasteiger partial charge on any atom is -0.309 e. The van der Waals surface area contributed by atoms with Crippen molar-refractivity contribution in [3.63, 3.8) is 0 Å². The zero-order valence-corrected chi connectivity index (χ0v) is 12.4. The van der Waals surface area contributed by atoms with Gasteiger partial charge in [0.2, 0.25) is 0 Å². The summed E-state index contributed by atoms with van der Waals surface area (Å²) in [5.41, 5.74) is 2.18. The molecule has 1 heterocycles. The number of hydrogen-bond donors (Lipinski definition) is 1. The second kappa shape index (κ2) is 6.26. The number of nitrogens with zero attached hydrogens (tertiary/aromatic N) is 1. The number of rotatable bonds is 5. The Morgan fingerprint density at radius 3 is 2.74 bits per heavy atom. The fourth-order valence-corrected chi connectivity index (χ4v) is 3.03. The van der Waals surface area contributed by atoms with Gasteiger partial charge in [-0.15, -0.1) is 11.3 Å². The molecule has 1 aromatic carbocycles. The van der Waals surface area contributed by atoms with Gasteiger partial charge in [0.05, 0.1) is 5.01 Å². The number of nitrogens with one attached hydrogen (secondary N) is 1. The SMILES string of the molecule is CCNC(Cc1ccc(F)cc1C)c1cnc(C)s1. The molecule has 4 heteroatoms. The van der Waals surface area contributed by atoms with Gasteiger partial charge in [-0.1, -0.05) is 13.0 Å². The Labute approximate surface area is 117 Å². The minimum atomic E-state index is -0.171. The first kappa shape index (κ1) is 14.2. The van der Waals surface area contributed by atoms with Crippen molar-refractivity contribution in [3.05, 3.63) is 51.2 Å². The number of benzene rings is 1. The molecule has 0 fully saturated rings. The predicted octanol–water partition coefficient (Wildman–Crippen LogP) is 3.79. The number of aryl methyl sites for hydroxylation is 2. The second-order valence-corrected chi connectivity index (χ2v) is 5.93. The number of halogens is 1. The van der Waals surface area contributed by atoms with E-state index >= 15 is 0 Å². The van der Waals surface area contributed by atoms with Gasteiger partial charge in [-0.25, -0.2) is 9.37 Å². The van der Waals surface area contributed by atoms with Crippen molar-refractivity contribution >= 4 is 11.3 Å². The summed E-state index contributed by atoms with van der Waals surface area (Å²) in [5, 5.41) is 4.56. The van der Waals surface area contributed by atoms with Crippen LogP contribution in [0.5, 0.6) is 0 Å². The van der Waals surface area contributed by atoms with Crippen LogP contribution in [-0.2, 0) is 6.42 Å². The summed E-state index contributed by atoms with van der Waals surface area (Å²) in [6.45, 7) is 6.97. The molecule has 2 aromatic rings. The van der Waals surface area contributed by atoms with Crippen LogP contribution in [0.15, 0.2) is 24.4 Å². The van der Waals surface area contributed by atoms with Crippen molar-refractivity contribution in [3.8, 4) is 0 Å². The zero-order valence-electron chi connectivity index (χ0n) is 11.5. The van der Waals surface area contributed by atoms with Gasteiger partial charge < -0.3 is 5.32 Å². The van der Waals surface area contributed by atoms with Crippen LogP contribution in [0.4, 0.5) is 4.39 Å². The summed E-state index contributed by atoms with van der Waals surface area (Å²) < 4.78 is 13.1. The minimum absolute atomic E-state index is 0.171. The molecule has 0 aliphatic heterocycles. The van der Waals surface area contributed by atoms with Gasteiger partial charge >= 0.3 is 0 Å². The van der Waals surface area contributed by atoms with E-state index in [1.54, 1.807) is 17.4 Å². The molecule has 0 aliphatic rings. The maximum Gasteiger partial charge on any atom is 0.123 e. The largest absolute Gasteiger partial charge is 0.309 e. The van der Waals surface area contributed by atoms with Crippen LogP contribution in [0, 0.1) is 19.7 Å². The Bertz CT molecular complexity index is 551. The first-order chi connectivity index (χ1) is 9.10. The van der Waals surface area contributed by atoms with Crippen LogP contribution in [0.3, 0.4) is 0 Å². The van der Waals surface area contributed by atoms with E-state index in [0.717, 1.165) is 23.5 Å². The molecule has 0 bridgehead atoms. The van der Waals surface area contributed by atoms with E-state index in [-0.39, 0.29) is 11.9 Å². The van der Waals surface area contributed by atoms with Gasteiger partial charge in [-0.05, 0) is 50.1 Å². The molecule has 1 unspecified atom stereocenters. The third kappa shape index (κ3) is 3.61. The molecule has 2 rings (SSSR count). The monoisotopic (exact) mass is 278 g/mol. The lowest BCUT2D eigenvalue weighted by molar-refractivity contribution is 0.554. The molecule has 0 radical (unpaired) electrons. The first-order valence-corrected chi connectivity index (χ1v) is 7.32. The maximum absolute atomic E-state index is 13.1. The van der Waals surface area contributed by atoms with Gasteiger partial charge in [0.25, 0.3) is 0 Å². The predicted molar refractivity (Wildman–Crippen MR) is 78.1 cm³/mol. The summed E-state index contributed by atoms with van der Waals surface area (Å²) in [4.78, 5) is 5.56. The Hall–Kier alpha value is -1.26. The summed E-state index contributed by atoms with van der Waals surface area (Å²) in [5.74, 6) is -0.171. The molecule has 1 N–H and O–H groups in total. The standard InChI is InChI=1S/C15H19FN2S/c1-4-17-14(15-9-18-11(3)19-15)8-12-5-6-13(16)7-10(12)2/h5-7,9,14,17H,4,8H2,1-3H3. The summed E-state index contributed by atoms with van der Waals surface area (Å²) in [6.07, 6.45) is 2.80. The Kier molecular flexibility index (Phi) is 4.66. The molecule has 0 saturated heterocycles. The number of likely N-dealkylation sites (N-methyl/N-ethyl adjacent to an activating group) is 1. The van der Waals surface area contributed by atoms with Crippen LogP contribution in [0.25, 0.3) is 0 Å². The molecule has 0 amide bonds. The molecule has 19 heavy (non-hydrogen) atoms. The maximum atomic E-state index is 13.1. The first-order valence-electron chi connectivity index (χ1n) is 6.51. The summed E-state index contributed by atoms with van der Waals surface area (Å²) >= 11 is 1.72. The van der Waals surface area contributed by atoms with Crippen LogP contribution < -0.4 is 5.32 Å². The lowest BCUT2D eigenvalue weighted by Gasteiger charge is -2.17. The van der Waals surface area contributed by atoms with E-state index in [9.17, 15) is 4.39 Å². The molecule has 0 aliphatic carbocycles. The molecule has 0 saturated carbocycles. The van der Waals surface area contributed by atoms with E-state index in [1.807, 2.05) is 26.1 Å². The molecule has 1 atom stereocenters. The molecule has 0 spiro atoms. The highest BCUT2D eigenvalue weighted by molar-refractivity contribution is 7.11. The van der Waals surface area contributed by atoms with Crippen molar-refractivity contribution in [1.29, 1.82) is 0 Å². The summed E-state index contributed by atoms with van der Waals surface area (Å²) in [6, 6.07) is 5.25. The van der Waals surface area contributed by atoms with Gasteiger partial charge in [-0.2, -0.15) is 0 Å². The molecule has 102 valence electrons. The highest BCUT2D eigenvalue weighted by Crippen LogP contribution is 2.25. The smallest absolute Gasteiger partial charge is 0.123 e. The van der Waals surface area contributed by atoms with Crippen molar-refractivity contribution in [2.24, 2.45) is 0 Å². The topological polar surface area (TPSA) is 24.9 Å². The van der Waals surface area contributed by atoms with Gasteiger partial charge in [0.1, 0.15) is 5.82 Å². The van der Waals surface area contributed by atoms with Gasteiger partial charge in [-0.3, -0.25) is 0 Å². The lowest BCUT2D eigenvalue weighted by atomic mass is 10.0. The van der Waals surface area contributed by atoms with E-state index in [2.05, 4.69) is 17.2 Å². The van der Waals surface area contributed by atoms with Crippen LogP contribution >= 0.6 is 11.3 Å². The van der Waals surface area contributed by atoms with Crippen molar-refractivity contribution in [2.45, 2.75) is 33.2 Å². The Balaban J connectivity index is 2.21. The van der Waals surface area contributed by atoms with Crippen molar-refractivity contribution in [2.75, 3.05) is 6.54 Å². The van der Waals surface area contributed by atoms with Crippen molar-refractivity contribution < 1.29 is 4.39 Å². The average Bonchev–Trinajstić information content (AvgIpc) is 2.78. The lowest BCUT2D eigenvalue weighted by Crippen LogP contribution is -2.22. The fraction of sp³-hybridized carbons (Fsp3) is 0.400. The molecular weight excluding hydrogens is 259 g/mol. The van der Waals surface area contributed by atoms with E-state index in [4.69, 9.17) is 0 Å². The molecule has 1 aromatic heterocycles. The zero-order chi connectivity index (χ0) is 13.8. The normalized spacial score (nSPS) is 12.6. The highest BCUT2D eigenvalue weighted by Gasteiger charge is 2.15. The van der Waals surface area contributed by atoms with E-state index < -0.39 is 0 Å². The van der Waals surface area contributed by atoms with Crippen LogP contribution in [0.2, 0.25) is 0 Å². The number of aromatic nitrogens is 1. The average molecular weight is 278 g/mol. The third-order valence-electron chi connectivity index (χ3n) is 3.16. The fourth-order valence-electron chi connectivity index (χ4n) is 2.17. The Morgan fingerprint density at radius 1 is 1.37 bits per heavy atom. The molecular formula is C15H19FN2S. The Morgan fingerprint density at radius 2 is 2.16 bits per heavy atom. The van der Waals surface area contributed by atoms with E-state index in [1.165, 1.54) is 16.5 Å². The third-order valence-corrected chi connectivity index (χ3v) is 4.19. The molecule has 2 nitrogen and oxygen atoms in total. The number of hydrogen-bond acceptors (Lipinski definition) is 3. The number of thiazole rings is 1. The summed E-state index contributed by atoms with van der Waals surface area (Å²) in [7, 11) is 0. The second-order valence-electron chi connectivity index (χ2n) is 4.67.